The van der Waals surface area contributed by atoms with Crippen molar-refractivity contribution < 1.29 is 4.74 Å². The van der Waals surface area contributed by atoms with Gasteiger partial charge in [-0.05, 0) is 29.7 Å². The van der Waals surface area contributed by atoms with Gasteiger partial charge in [-0.3, -0.25) is 0 Å². The molecule has 0 unspecified atom stereocenters. The molecular weight excluding hydrogens is 160 g/mol. The van der Waals surface area contributed by atoms with Crippen molar-refractivity contribution in [2.45, 2.75) is 19.8 Å². The van der Waals surface area contributed by atoms with E-state index in [9.17, 15) is 0 Å². The second-order valence-electron chi connectivity index (χ2n) is 3.28. The molecule has 0 atom stereocenters. The SMILES string of the molecule is CC/C=C\c1ccc2c(c1)CCO2. The van der Waals surface area contributed by atoms with Gasteiger partial charge in [0.25, 0.3) is 0 Å². The van der Waals surface area contributed by atoms with E-state index in [1.54, 1.807) is 0 Å². The van der Waals surface area contributed by atoms with Crippen LogP contribution in [0.5, 0.6) is 5.75 Å². The van der Waals surface area contributed by atoms with Gasteiger partial charge in [-0.15, -0.1) is 0 Å². The van der Waals surface area contributed by atoms with Crippen molar-refractivity contribution in [2.75, 3.05) is 6.61 Å². The van der Waals surface area contributed by atoms with Crippen LogP contribution in [0.3, 0.4) is 0 Å². The zero-order chi connectivity index (χ0) is 9.10. The molecule has 13 heavy (non-hydrogen) atoms. The summed E-state index contributed by atoms with van der Waals surface area (Å²) in [5.41, 5.74) is 2.63. The van der Waals surface area contributed by atoms with Crippen LogP contribution in [0.4, 0.5) is 0 Å². The molecule has 1 nitrogen and oxygen atoms in total. The maximum absolute atomic E-state index is 5.43. The lowest BCUT2D eigenvalue weighted by molar-refractivity contribution is 0.357. The molecule has 0 fully saturated rings. The molecule has 1 aromatic rings. The first kappa shape index (κ1) is 8.36. The summed E-state index contributed by atoms with van der Waals surface area (Å²) in [5.74, 6) is 1.06. The average Bonchev–Trinajstić information content (AvgIpc) is 2.61. The van der Waals surface area contributed by atoms with Crippen molar-refractivity contribution in [1.82, 2.24) is 0 Å². The molecule has 68 valence electrons. The van der Waals surface area contributed by atoms with E-state index in [4.69, 9.17) is 4.74 Å². The summed E-state index contributed by atoms with van der Waals surface area (Å²) in [4.78, 5) is 0. The Morgan fingerprint density at radius 2 is 2.38 bits per heavy atom. The second kappa shape index (κ2) is 3.65. The third kappa shape index (κ3) is 1.74. The monoisotopic (exact) mass is 174 g/mol. The molecule has 0 aromatic heterocycles. The fraction of sp³-hybridized carbons (Fsp3) is 0.333. The lowest BCUT2D eigenvalue weighted by atomic mass is 10.1. The second-order valence-corrected chi connectivity index (χ2v) is 3.28. The third-order valence-corrected chi connectivity index (χ3v) is 2.26. The molecule has 0 spiro atoms. The van der Waals surface area contributed by atoms with Gasteiger partial charge >= 0.3 is 0 Å². The molecule has 0 aliphatic carbocycles. The van der Waals surface area contributed by atoms with E-state index in [0.717, 1.165) is 25.2 Å². The Bertz CT molecular complexity index is 326. The van der Waals surface area contributed by atoms with Crippen LogP contribution < -0.4 is 4.74 Å². The lowest BCUT2D eigenvalue weighted by Crippen LogP contribution is -1.85. The smallest absolute Gasteiger partial charge is 0.122 e. The number of rotatable bonds is 2. The molecule has 0 saturated carbocycles. The maximum atomic E-state index is 5.43. The normalized spacial score (nSPS) is 14.5. The van der Waals surface area contributed by atoms with Gasteiger partial charge in [0, 0.05) is 6.42 Å². The van der Waals surface area contributed by atoms with Crippen LogP contribution >= 0.6 is 0 Å². The van der Waals surface area contributed by atoms with Crippen LogP contribution in [-0.4, -0.2) is 6.61 Å². The number of ether oxygens (including phenoxy) is 1. The highest BCUT2D eigenvalue weighted by Gasteiger charge is 2.10. The number of allylic oxidation sites excluding steroid dienone is 1. The van der Waals surface area contributed by atoms with Crippen LogP contribution in [0.15, 0.2) is 24.3 Å². The van der Waals surface area contributed by atoms with Crippen molar-refractivity contribution in [3.05, 3.63) is 35.4 Å². The predicted octanol–water partition coefficient (Wildman–Crippen LogP) is 3.04. The molecule has 0 saturated heterocycles. The summed E-state index contributed by atoms with van der Waals surface area (Å²) in [7, 11) is 0. The average molecular weight is 174 g/mol. The highest BCUT2D eigenvalue weighted by molar-refractivity contribution is 5.54. The fourth-order valence-corrected chi connectivity index (χ4v) is 1.56. The van der Waals surface area contributed by atoms with Gasteiger partial charge in [0.2, 0.25) is 0 Å². The van der Waals surface area contributed by atoms with E-state index < -0.39 is 0 Å². The van der Waals surface area contributed by atoms with E-state index in [-0.39, 0.29) is 0 Å². The molecule has 2 rings (SSSR count). The van der Waals surface area contributed by atoms with Crippen molar-refractivity contribution in [2.24, 2.45) is 0 Å². The van der Waals surface area contributed by atoms with E-state index in [0.29, 0.717) is 0 Å². The van der Waals surface area contributed by atoms with E-state index in [1.807, 2.05) is 0 Å². The molecule has 0 N–H and O–H groups in total. The van der Waals surface area contributed by atoms with Gasteiger partial charge in [0.1, 0.15) is 5.75 Å². The number of hydrogen-bond acceptors (Lipinski definition) is 1. The van der Waals surface area contributed by atoms with Gasteiger partial charge in [0.15, 0.2) is 0 Å². The number of hydrogen-bond donors (Lipinski definition) is 0. The molecule has 1 aliphatic rings. The van der Waals surface area contributed by atoms with E-state index in [1.165, 1.54) is 11.1 Å². The lowest BCUT2D eigenvalue weighted by Gasteiger charge is -1.99. The van der Waals surface area contributed by atoms with Gasteiger partial charge in [-0.25, -0.2) is 0 Å². The Kier molecular flexibility index (Phi) is 2.35. The topological polar surface area (TPSA) is 9.23 Å². The molecule has 0 amide bonds. The first-order chi connectivity index (χ1) is 6.40. The van der Waals surface area contributed by atoms with Crippen molar-refractivity contribution in [1.29, 1.82) is 0 Å². The van der Waals surface area contributed by atoms with Crippen LogP contribution in [0, 0.1) is 0 Å². The maximum Gasteiger partial charge on any atom is 0.122 e. The highest BCUT2D eigenvalue weighted by Crippen LogP contribution is 2.26. The Hall–Kier alpha value is -1.24. The zero-order valence-electron chi connectivity index (χ0n) is 7.92. The molecule has 1 heteroatoms. The largest absolute Gasteiger partial charge is 0.493 e. The van der Waals surface area contributed by atoms with Crippen molar-refractivity contribution >= 4 is 6.08 Å². The Morgan fingerprint density at radius 3 is 3.23 bits per heavy atom. The summed E-state index contributed by atoms with van der Waals surface area (Å²) < 4.78 is 5.43. The minimum absolute atomic E-state index is 0.844. The summed E-state index contributed by atoms with van der Waals surface area (Å²) in [6.45, 7) is 2.99. The van der Waals surface area contributed by atoms with Gasteiger partial charge in [-0.1, -0.05) is 25.1 Å². The van der Waals surface area contributed by atoms with Crippen LogP contribution in [0.25, 0.3) is 6.08 Å². The minimum Gasteiger partial charge on any atom is -0.493 e. The van der Waals surface area contributed by atoms with Crippen LogP contribution in [-0.2, 0) is 6.42 Å². The standard InChI is InChI=1S/C12H14O/c1-2-3-4-10-5-6-12-11(9-10)7-8-13-12/h3-6,9H,2,7-8H2,1H3/b4-3-. The number of benzene rings is 1. The summed E-state index contributed by atoms with van der Waals surface area (Å²) >= 11 is 0. The fourth-order valence-electron chi connectivity index (χ4n) is 1.56. The van der Waals surface area contributed by atoms with Crippen molar-refractivity contribution in [3.63, 3.8) is 0 Å². The van der Waals surface area contributed by atoms with Crippen LogP contribution in [0.2, 0.25) is 0 Å². The number of fused-ring (bicyclic) bond motifs is 1. The Labute approximate surface area is 79.0 Å². The zero-order valence-corrected chi connectivity index (χ0v) is 7.92. The van der Waals surface area contributed by atoms with Crippen molar-refractivity contribution in [3.8, 4) is 5.75 Å². The molecule has 0 bridgehead atoms. The molecule has 1 aromatic carbocycles. The van der Waals surface area contributed by atoms with E-state index in [2.05, 4.69) is 37.3 Å². The molecule has 0 radical (unpaired) electrons. The summed E-state index contributed by atoms with van der Waals surface area (Å²) in [6, 6.07) is 6.39. The molecule has 1 heterocycles. The van der Waals surface area contributed by atoms with E-state index >= 15 is 0 Å². The Morgan fingerprint density at radius 1 is 1.46 bits per heavy atom. The first-order valence-electron chi connectivity index (χ1n) is 4.82. The summed E-state index contributed by atoms with van der Waals surface area (Å²) in [6.07, 6.45) is 6.49. The highest BCUT2D eigenvalue weighted by atomic mass is 16.5. The first-order valence-corrected chi connectivity index (χ1v) is 4.82. The van der Waals surface area contributed by atoms with Gasteiger partial charge < -0.3 is 4.74 Å². The van der Waals surface area contributed by atoms with Gasteiger partial charge in [0.05, 0.1) is 6.61 Å². The molecular formula is C12H14O. The van der Waals surface area contributed by atoms with Gasteiger partial charge in [-0.2, -0.15) is 0 Å². The third-order valence-electron chi connectivity index (χ3n) is 2.26. The summed E-state index contributed by atoms with van der Waals surface area (Å²) in [5, 5.41) is 0. The predicted molar refractivity (Wildman–Crippen MR) is 55.0 cm³/mol. The quantitative estimate of drug-likeness (QED) is 0.669. The molecule has 1 aliphatic heterocycles. The minimum atomic E-state index is 0.844. The Balaban J connectivity index is 2.25. The van der Waals surface area contributed by atoms with Crippen LogP contribution in [0.1, 0.15) is 24.5 Å².